The summed E-state index contributed by atoms with van der Waals surface area (Å²) in [5.41, 5.74) is 1.15. The average Bonchev–Trinajstić information content (AvgIpc) is 2.92. The first kappa shape index (κ1) is 14.7. The van der Waals surface area contributed by atoms with Crippen molar-refractivity contribution in [2.24, 2.45) is 5.92 Å². The SMILES string of the molecule is CCNC(c1ccccc1)c1nnc(CCC(C)C)o1. The molecule has 0 fully saturated rings. The summed E-state index contributed by atoms with van der Waals surface area (Å²) in [5.74, 6) is 2.02. The molecule has 1 N–H and O–H groups in total. The molecule has 0 spiro atoms. The van der Waals surface area contributed by atoms with Gasteiger partial charge in [0.15, 0.2) is 0 Å². The van der Waals surface area contributed by atoms with Crippen molar-refractivity contribution >= 4 is 0 Å². The van der Waals surface area contributed by atoms with Crippen LogP contribution in [0.1, 0.15) is 50.6 Å². The van der Waals surface area contributed by atoms with Crippen LogP contribution in [0.25, 0.3) is 0 Å². The zero-order chi connectivity index (χ0) is 14.4. The molecule has 0 saturated heterocycles. The second-order valence-corrected chi connectivity index (χ2v) is 5.37. The van der Waals surface area contributed by atoms with E-state index in [0.717, 1.165) is 30.8 Å². The maximum Gasteiger partial charge on any atom is 0.237 e. The molecule has 0 amide bonds. The number of aromatic nitrogens is 2. The highest BCUT2D eigenvalue weighted by Gasteiger charge is 2.19. The van der Waals surface area contributed by atoms with Gasteiger partial charge in [-0.05, 0) is 24.4 Å². The van der Waals surface area contributed by atoms with Crippen molar-refractivity contribution in [2.45, 2.75) is 39.7 Å². The van der Waals surface area contributed by atoms with Gasteiger partial charge in [-0.1, -0.05) is 51.1 Å². The molecule has 108 valence electrons. The van der Waals surface area contributed by atoms with Gasteiger partial charge in [0.1, 0.15) is 6.04 Å². The number of hydrogen-bond donors (Lipinski definition) is 1. The Morgan fingerprint density at radius 1 is 1.15 bits per heavy atom. The first-order valence-electron chi connectivity index (χ1n) is 7.31. The Labute approximate surface area is 120 Å². The summed E-state index contributed by atoms with van der Waals surface area (Å²) in [7, 11) is 0. The van der Waals surface area contributed by atoms with Gasteiger partial charge in [0, 0.05) is 6.42 Å². The minimum absolute atomic E-state index is 0.0264. The predicted octanol–water partition coefficient (Wildman–Crippen LogP) is 3.36. The van der Waals surface area contributed by atoms with Crippen LogP contribution >= 0.6 is 0 Å². The van der Waals surface area contributed by atoms with Crippen molar-refractivity contribution < 1.29 is 4.42 Å². The predicted molar refractivity (Wildman–Crippen MR) is 79.4 cm³/mol. The second kappa shape index (κ2) is 7.20. The van der Waals surface area contributed by atoms with Crippen LogP contribution < -0.4 is 5.32 Å². The normalized spacial score (nSPS) is 12.8. The highest BCUT2D eigenvalue weighted by atomic mass is 16.4. The number of nitrogens with one attached hydrogen (secondary N) is 1. The monoisotopic (exact) mass is 273 g/mol. The van der Waals surface area contributed by atoms with Gasteiger partial charge >= 0.3 is 0 Å². The molecule has 0 bridgehead atoms. The molecule has 0 radical (unpaired) electrons. The van der Waals surface area contributed by atoms with Crippen molar-refractivity contribution in [2.75, 3.05) is 6.54 Å². The van der Waals surface area contributed by atoms with Gasteiger partial charge in [0.05, 0.1) is 0 Å². The van der Waals surface area contributed by atoms with Gasteiger partial charge in [-0.2, -0.15) is 0 Å². The molecule has 20 heavy (non-hydrogen) atoms. The Balaban J connectivity index is 2.14. The molecule has 1 unspecified atom stereocenters. The summed E-state index contributed by atoms with van der Waals surface area (Å²) in [6, 6.07) is 10.2. The zero-order valence-corrected chi connectivity index (χ0v) is 12.5. The summed E-state index contributed by atoms with van der Waals surface area (Å²) >= 11 is 0. The van der Waals surface area contributed by atoms with Crippen molar-refractivity contribution in [3.05, 3.63) is 47.7 Å². The lowest BCUT2D eigenvalue weighted by Gasteiger charge is -2.13. The van der Waals surface area contributed by atoms with Crippen molar-refractivity contribution in [3.63, 3.8) is 0 Å². The molecule has 4 nitrogen and oxygen atoms in total. The van der Waals surface area contributed by atoms with E-state index in [1.165, 1.54) is 0 Å². The Bertz CT molecular complexity index is 507. The number of rotatable bonds is 7. The molecule has 1 atom stereocenters. The van der Waals surface area contributed by atoms with Crippen LogP contribution in [0.3, 0.4) is 0 Å². The van der Waals surface area contributed by atoms with Crippen LogP contribution in [-0.4, -0.2) is 16.7 Å². The van der Waals surface area contributed by atoms with Gasteiger partial charge in [-0.3, -0.25) is 0 Å². The summed E-state index contributed by atoms with van der Waals surface area (Å²) in [6.45, 7) is 7.32. The van der Waals surface area contributed by atoms with Crippen molar-refractivity contribution in [1.29, 1.82) is 0 Å². The summed E-state index contributed by atoms with van der Waals surface area (Å²) in [5, 5.41) is 11.8. The molecular weight excluding hydrogens is 250 g/mol. The first-order chi connectivity index (χ1) is 9.70. The van der Waals surface area contributed by atoms with E-state index in [2.05, 4.69) is 48.4 Å². The molecule has 2 rings (SSSR count). The molecule has 1 aromatic carbocycles. The highest BCUT2D eigenvalue weighted by molar-refractivity contribution is 5.23. The van der Waals surface area contributed by atoms with E-state index in [9.17, 15) is 0 Å². The average molecular weight is 273 g/mol. The number of aryl methyl sites for hydroxylation is 1. The van der Waals surface area contributed by atoms with E-state index in [-0.39, 0.29) is 6.04 Å². The fourth-order valence-electron chi connectivity index (χ4n) is 2.09. The van der Waals surface area contributed by atoms with Crippen LogP contribution in [0, 0.1) is 5.92 Å². The van der Waals surface area contributed by atoms with E-state index in [4.69, 9.17) is 4.42 Å². The lowest BCUT2D eigenvalue weighted by molar-refractivity contribution is 0.398. The number of benzene rings is 1. The number of nitrogens with zero attached hydrogens (tertiary/aromatic N) is 2. The third-order valence-electron chi connectivity index (χ3n) is 3.21. The van der Waals surface area contributed by atoms with Crippen LogP contribution in [-0.2, 0) is 6.42 Å². The van der Waals surface area contributed by atoms with Crippen LogP contribution in [0.5, 0.6) is 0 Å². The Morgan fingerprint density at radius 2 is 1.90 bits per heavy atom. The molecule has 0 aliphatic heterocycles. The Morgan fingerprint density at radius 3 is 2.55 bits per heavy atom. The first-order valence-corrected chi connectivity index (χ1v) is 7.31. The summed E-state index contributed by atoms with van der Waals surface area (Å²) in [6.07, 6.45) is 1.91. The molecule has 0 saturated carbocycles. The second-order valence-electron chi connectivity index (χ2n) is 5.37. The zero-order valence-electron chi connectivity index (χ0n) is 12.5. The minimum atomic E-state index is -0.0264. The molecule has 4 heteroatoms. The van der Waals surface area contributed by atoms with Crippen LogP contribution in [0.4, 0.5) is 0 Å². The van der Waals surface area contributed by atoms with Gasteiger partial charge < -0.3 is 9.73 Å². The van der Waals surface area contributed by atoms with Gasteiger partial charge in [-0.25, -0.2) is 0 Å². The lowest BCUT2D eigenvalue weighted by Crippen LogP contribution is -2.22. The lowest BCUT2D eigenvalue weighted by atomic mass is 10.1. The van der Waals surface area contributed by atoms with Gasteiger partial charge in [0.25, 0.3) is 0 Å². The van der Waals surface area contributed by atoms with E-state index in [1.807, 2.05) is 18.2 Å². The summed E-state index contributed by atoms with van der Waals surface area (Å²) in [4.78, 5) is 0. The molecular formula is C16H23N3O. The smallest absolute Gasteiger partial charge is 0.237 e. The van der Waals surface area contributed by atoms with E-state index < -0.39 is 0 Å². The van der Waals surface area contributed by atoms with Crippen molar-refractivity contribution in [1.82, 2.24) is 15.5 Å². The van der Waals surface area contributed by atoms with Gasteiger partial charge in [-0.15, -0.1) is 10.2 Å². The molecule has 2 aromatic rings. The quantitative estimate of drug-likeness (QED) is 0.840. The number of hydrogen-bond acceptors (Lipinski definition) is 4. The van der Waals surface area contributed by atoms with E-state index in [0.29, 0.717) is 11.8 Å². The minimum Gasteiger partial charge on any atom is -0.423 e. The fourth-order valence-corrected chi connectivity index (χ4v) is 2.09. The third kappa shape index (κ3) is 3.90. The molecule has 0 aliphatic rings. The van der Waals surface area contributed by atoms with E-state index in [1.54, 1.807) is 0 Å². The maximum absolute atomic E-state index is 5.82. The highest BCUT2D eigenvalue weighted by Crippen LogP contribution is 2.21. The molecule has 1 aromatic heterocycles. The fraction of sp³-hybridized carbons (Fsp3) is 0.500. The Hall–Kier alpha value is -1.68. The van der Waals surface area contributed by atoms with Gasteiger partial charge in [0.2, 0.25) is 11.8 Å². The Kier molecular flexibility index (Phi) is 5.30. The standard InChI is InChI=1S/C16H23N3O/c1-4-17-15(13-8-6-5-7-9-13)16-19-18-14(20-16)11-10-12(2)3/h5-9,12,15,17H,4,10-11H2,1-3H3. The topological polar surface area (TPSA) is 51.0 Å². The third-order valence-corrected chi connectivity index (χ3v) is 3.21. The molecule has 1 heterocycles. The van der Waals surface area contributed by atoms with Crippen LogP contribution in [0.2, 0.25) is 0 Å². The largest absolute Gasteiger partial charge is 0.423 e. The van der Waals surface area contributed by atoms with Crippen molar-refractivity contribution in [3.8, 4) is 0 Å². The van der Waals surface area contributed by atoms with Crippen LogP contribution in [0.15, 0.2) is 34.7 Å². The maximum atomic E-state index is 5.82. The van der Waals surface area contributed by atoms with E-state index >= 15 is 0 Å². The molecule has 0 aliphatic carbocycles. The summed E-state index contributed by atoms with van der Waals surface area (Å²) < 4.78 is 5.82.